The maximum atomic E-state index is 12.1. The first-order valence-corrected chi connectivity index (χ1v) is 8.42. The molecule has 1 fully saturated rings. The topological polar surface area (TPSA) is 66.4 Å². The largest absolute Gasteiger partial charge is 0.480 e. The summed E-state index contributed by atoms with van der Waals surface area (Å²) in [6.07, 6.45) is 1.83. The Morgan fingerprint density at radius 2 is 1.86 bits per heavy atom. The zero-order valence-corrected chi connectivity index (χ0v) is 13.2. The van der Waals surface area contributed by atoms with Crippen LogP contribution in [0.1, 0.15) is 24.8 Å². The van der Waals surface area contributed by atoms with E-state index in [2.05, 4.69) is 5.32 Å². The van der Waals surface area contributed by atoms with Gasteiger partial charge in [0.1, 0.15) is 5.54 Å². The Kier molecular flexibility index (Phi) is 5.53. The van der Waals surface area contributed by atoms with Crippen LogP contribution in [0.3, 0.4) is 0 Å². The molecule has 114 valence electrons. The Morgan fingerprint density at radius 3 is 2.43 bits per heavy atom. The number of amides is 1. The van der Waals surface area contributed by atoms with Crippen molar-refractivity contribution in [2.45, 2.75) is 31.2 Å². The first-order chi connectivity index (χ1) is 10.0. The molecule has 0 atom stereocenters. The van der Waals surface area contributed by atoms with E-state index in [0.717, 1.165) is 17.1 Å². The van der Waals surface area contributed by atoms with Crippen LogP contribution in [0.5, 0.6) is 0 Å². The van der Waals surface area contributed by atoms with Crippen LogP contribution < -0.4 is 5.32 Å². The highest BCUT2D eigenvalue weighted by atomic mass is 35.5. The van der Waals surface area contributed by atoms with E-state index in [1.54, 1.807) is 23.9 Å². The number of nitrogens with one attached hydrogen (secondary N) is 1. The van der Waals surface area contributed by atoms with Crippen LogP contribution >= 0.6 is 23.4 Å². The summed E-state index contributed by atoms with van der Waals surface area (Å²) in [4.78, 5) is 23.5. The molecule has 0 aliphatic carbocycles. The molecule has 1 aromatic rings. The van der Waals surface area contributed by atoms with Gasteiger partial charge in [0.15, 0.2) is 0 Å². The number of hydrogen-bond donors (Lipinski definition) is 2. The molecule has 1 aliphatic rings. The molecule has 21 heavy (non-hydrogen) atoms. The fourth-order valence-corrected chi connectivity index (χ4v) is 3.67. The van der Waals surface area contributed by atoms with E-state index in [4.69, 9.17) is 11.6 Å². The number of carbonyl (C=O) groups is 2. The van der Waals surface area contributed by atoms with Crippen LogP contribution in [0.25, 0.3) is 0 Å². The minimum atomic E-state index is -1.08. The molecule has 2 N–H and O–H groups in total. The van der Waals surface area contributed by atoms with Gasteiger partial charge in [-0.15, -0.1) is 0 Å². The number of benzene rings is 1. The second-order valence-electron chi connectivity index (χ2n) is 5.17. The molecule has 1 aromatic carbocycles. The SMILES string of the molecule is O=C(CCc1ccc(Cl)cc1)NC1(C(=O)O)CCSCC1. The standard InChI is InChI=1S/C15H18ClNO3S/c16-12-4-1-11(2-5-12)3-6-13(18)17-15(14(19)20)7-9-21-10-8-15/h1-2,4-5H,3,6-10H2,(H,17,18)(H,19,20). The minimum absolute atomic E-state index is 0.209. The van der Waals surface area contributed by atoms with Gasteiger partial charge in [-0.3, -0.25) is 4.79 Å². The van der Waals surface area contributed by atoms with Gasteiger partial charge < -0.3 is 10.4 Å². The fraction of sp³-hybridized carbons (Fsp3) is 0.467. The van der Waals surface area contributed by atoms with Gasteiger partial charge in [0.25, 0.3) is 0 Å². The van der Waals surface area contributed by atoms with E-state index < -0.39 is 11.5 Å². The highest BCUT2D eigenvalue weighted by molar-refractivity contribution is 7.99. The number of hydrogen-bond acceptors (Lipinski definition) is 3. The van der Waals surface area contributed by atoms with Gasteiger partial charge in [-0.1, -0.05) is 23.7 Å². The molecular weight excluding hydrogens is 310 g/mol. The van der Waals surface area contributed by atoms with Gasteiger partial charge in [0.2, 0.25) is 5.91 Å². The van der Waals surface area contributed by atoms with E-state index in [1.165, 1.54) is 0 Å². The number of rotatable bonds is 5. The zero-order valence-electron chi connectivity index (χ0n) is 11.6. The van der Waals surface area contributed by atoms with Crippen molar-refractivity contribution < 1.29 is 14.7 Å². The number of aliphatic carboxylic acids is 1. The fourth-order valence-electron chi connectivity index (χ4n) is 2.35. The van der Waals surface area contributed by atoms with E-state index in [9.17, 15) is 14.7 Å². The first-order valence-electron chi connectivity index (χ1n) is 6.88. The quantitative estimate of drug-likeness (QED) is 0.872. The summed E-state index contributed by atoms with van der Waals surface area (Å²) in [5, 5.41) is 12.8. The average molecular weight is 328 g/mol. The third-order valence-electron chi connectivity index (χ3n) is 3.69. The molecule has 6 heteroatoms. The van der Waals surface area contributed by atoms with Crippen molar-refractivity contribution >= 4 is 35.2 Å². The normalized spacial score (nSPS) is 17.2. The second-order valence-corrected chi connectivity index (χ2v) is 6.84. The number of carboxylic acid groups (broad SMARTS) is 1. The lowest BCUT2D eigenvalue weighted by Gasteiger charge is -2.33. The Bertz CT molecular complexity index is 512. The Hall–Kier alpha value is -1.20. The average Bonchev–Trinajstić information content (AvgIpc) is 2.47. The highest BCUT2D eigenvalue weighted by Gasteiger charge is 2.40. The zero-order chi connectivity index (χ0) is 15.3. The van der Waals surface area contributed by atoms with Crippen LogP contribution in [0.4, 0.5) is 0 Å². The van der Waals surface area contributed by atoms with Crippen molar-refractivity contribution in [2.75, 3.05) is 11.5 Å². The Morgan fingerprint density at radius 1 is 1.24 bits per heavy atom. The van der Waals surface area contributed by atoms with Crippen LogP contribution in [0, 0.1) is 0 Å². The molecule has 0 aromatic heterocycles. The molecule has 4 nitrogen and oxygen atoms in total. The molecule has 2 rings (SSSR count). The Balaban J connectivity index is 1.90. The maximum Gasteiger partial charge on any atom is 0.329 e. The predicted octanol–water partition coefficient (Wildman–Crippen LogP) is 2.74. The van der Waals surface area contributed by atoms with Crippen molar-refractivity contribution in [3.8, 4) is 0 Å². The van der Waals surface area contributed by atoms with E-state index in [0.29, 0.717) is 24.3 Å². The minimum Gasteiger partial charge on any atom is -0.480 e. The molecule has 1 amide bonds. The van der Waals surface area contributed by atoms with Gasteiger partial charge in [-0.25, -0.2) is 4.79 Å². The van der Waals surface area contributed by atoms with E-state index in [-0.39, 0.29) is 12.3 Å². The summed E-state index contributed by atoms with van der Waals surface area (Å²) in [6, 6.07) is 7.32. The second kappa shape index (κ2) is 7.18. The lowest BCUT2D eigenvalue weighted by molar-refractivity contribution is -0.148. The third kappa shape index (κ3) is 4.38. The summed E-state index contributed by atoms with van der Waals surface area (Å²) in [5.74, 6) is 0.398. The number of carboxylic acids is 1. The molecule has 0 radical (unpaired) electrons. The molecule has 1 aliphatic heterocycles. The summed E-state index contributed by atoms with van der Waals surface area (Å²) < 4.78 is 0. The monoisotopic (exact) mass is 327 g/mol. The van der Waals surface area contributed by atoms with Gasteiger partial charge in [-0.05, 0) is 48.5 Å². The third-order valence-corrected chi connectivity index (χ3v) is 4.93. The van der Waals surface area contributed by atoms with Crippen LogP contribution in [0.15, 0.2) is 24.3 Å². The van der Waals surface area contributed by atoms with Crippen molar-refractivity contribution in [3.05, 3.63) is 34.9 Å². The molecule has 1 saturated heterocycles. The molecular formula is C15H18ClNO3S. The lowest BCUT2D eigenvalue weighted by Crippen LogP contribution is -2.56. The van der Waals surface area contributed by atoms with Crippen molar-refractivity contribution in [3.63, 3.8) is 0 Å². The molecule has 0 unspecified atom stereocenters. The van der Waals surface area contributed by atoms with Crippen LogP contribution in [-0.2, 0) is 16.0 Å². The summed E-state index contributed by atoms with van der Waals surface area (Å²) >= 11 is 7.54. The van der Waals surface area contributed by atoms with E-state index >= 15 is 0 Å². The Labute approximate surface area is 133 Å². The maximum absolute atomic E-state index is 12.1. The van der Waals surface area contributed by atoms with Crippen molar-refractivity contribution in [1.82, 2.24) is 5.32 Å². The van der Waals surface area contributed by atoms with Gasteiger partial charge in [0.05, 0.1) is 0 Å². The number of carbonyl (C=O) groups excluding carboxylic acids is 1. The summed E-state index contributed by atoms with van der Waals surface area (Å²) in [6.45, 7) is 0. The number of aryl methyl sites for hydroxylation is 1. The first kappa shape index (κ1) is 16.2. The highest BCUT2D eigenvalue weighted by Crippen LogP contribution is 2.27. The number of thioether (sulfide) groups is 1. The van der Waals surface area contributed by atoms with Gasteiger partial charge in [-0.2, -0.15) is 11.8 Å². The molecule has 1 heterocycles. The smallest absolute Gasteiger partial charge is 0.329 e. The van der Waals surface area contributed by atoms with Gasteiger partial charge >= 0.3 is 5.97 Å². The van der Waals surface area contributed by atoms with Crippen molar-refractivity contribution in [1.29, 1.82) is 0 Å². The molecule has 0 bridgehead atoms. The van der Waals surface area contributed by atoms with E-state index in [1.807, 2.05) is 12.1 Å². The summed E-state index contributed by atoms with van der Waals surface area (Å²) in [7, 11) is 0. The molecule has 0 saturated carbocycles. The summed E-state index contributed by atoms with van der Waals surface area (Å²) in [5.41, 5.74) is -0.0689. The predicted molar refractivity (Wildman–Crippen MR) is 84.8 cm³/mol. The van der Waals surface area contributed by atoms with Crippen LogP contribution in [-0.4, -0.2) is 34.0 Å². The number of halogens is 1. The lowest BCUT2D eigenvalue weighted by atomic mass is 9.92. The van der Waals surface area contributed by atoms with Crippen molar-refractivity contribution in [2.24, 2.45) is 0 Å². The molecule has 0 spiro atoms. The van der Waals surface area contributed by atoms with Gasteiger partial charge in [0, 0.05) is 11.4 Å². The van der Waals surface area contributed by atoms with Crippen LogP contribution in [0.2, 0.25) is 5.02 Å².